The van der Waals surface area contributed by atoms with Crippen LogP contribution < -0.4 is 20.5 Å². The number of ether oxygens (including phenoxy) is 2. The monoisotopic (exact) mass is 616 g/mol. The highest BCUT2D eigenvalue weighted by atomic mass is 79.9. The number of hydrazone groups is 1. The molecule has 0 saturated carbocycles. The van der Waals surface area contributed by atoms with E-state index in [2.05, 4.69) is 31.4 Å². The molecular weight excluding hydrogens is 592 g/mol. The molecule has 1 N–H and O–H groups in total. The number of fused-ring (bicyclic) bond motifs is 1. The van der Waals surface area contributed by atoms with Crippen molar-refractivity contribution in [3.05, 3.63) is 110 Å². The van der Waals surface area contributed by atoms with E-state index in [4.69, 9.17) is 9.47 Å². The molecule has 10 heteroatoms. The van der Waals surface area contributed by atoms with Gasteiger partial charge in [0.1, 0.15) is 18.0 Å². The Bertz CT molecular complexity index is 1750. The SMILES string of the molecule is COc1cc(/C=N\NC(=O)Cn2cnc3scc(-c4ccc(C)cc4)c3c2=O)cc(Br)c1OCc1ccccc1. The van der Waals surface area contributed by atoms with Gasteiger partial charge in [0.25, 0.3) is 11.5 Å². The van der Waals surface area contributed by atoms with Crippen molar-refractivity contribution in [3.63, 3.8) is 0 Å². The molecule has 5 aromatic rings. The molecule has 0 fully saturated rings. The van der Waals surface area contributed by atoms with Crippen LogP contribution in [0.1, 0.15) is 16.7 Å². The zero-order chi connectivity index (χ0) is 28.1. The predicted molar refractivity (Wildman–Crippen MR) is 161 cm³/mol. The first-order valence-electron chi connectivity index (χ1n) is 12.3. The summed E-state index contributed by atoms with van der Waals surface area (Å²) in [7, 11) is 1.56. The Morgan fingerprint density at radius 2 is 1.93 bits per heavy atom. The molecule has 3 aromatic carbocycles. The maximum atomic E-state index is 13.2. The van der Waals surface area contributed by atoms with Gasteiger partial charge in [0.15, 0.2) is 11.5 Å². The van der Waals surface area contributed by atoms with Crippen molar-refractivity contribution in [2.45, 2.75) is 20.1 Å². The van der Waals surface area contributed by atoms with E-state index in [9.17, 15) is 9.59 Å². The number of hydrogen-bond donors (Lipinski definition) is 1. The molecule has 0 aliphatic carbocycles. The number of rotatable bonds is 9. The molecule has 0 bridgehead atoms. The maximum absolute atomic E-state index is 13.2. The number of hydrogen-bond acceptors (Lipinski definition) is 7. The molecule has 0 radical (unpaired) electrons. The summed E-state index contributed by atoms with van der Waals surface area (Å²) >= 11 is 4.93. The van der Waals surface area contributed by atoms with Crippen LogP contribution in [0.5, 0.6) is 11.5 Å². The van der Waals surface area contributed by atoms with Crippen LogP contribution >= 0.6 is 27.3 Å². The van der Waals surface area contributed by atoms with E-state index in [-0.39, 0.29) is 12.1 Å². The summed E-state index contributed by atoms with van der Waals surface area (Å²) in [6, 6.07) is 21.3. The second-order valence-electron chi connectivity index (χ2n) is 8.97. The summed E-state index contributed by atoms with van der Waals surface area (Å²) in [4.78, 5) is 30.9. The number of nitrogens with one attached hydrogen (secondary N) is 1. The Hall–Kier alpha value is -4.28. The summed E-state index contributed by atoms with van der Waals surface area (Å²) < 4.78 is 13.4. The lowest BCUT2D eigenvalue weighted by molar-refractivity contribution is -0.121. The summed E-state index contributed by atoms with van der Waals surface area (Å²) in [6.07, 6.45) is 2.88. The highest BCUT2D eigenvalue weighted by molar-refractivity contribution is 9.10. The van der Waals surface area contributed by atoms with Gasteiger partial charge in [-0.05, 0) is 51.7 Å². The number of methoxy groups -OCH3 is 1. The largest absolute Gasteiger partial charge is 0.493 e. The van der Waals surface area contributed by atoms with Gasteiger partial charge in [-0.15, -0.1) is 11.3 Å². The molecule has 1 amide bonds. The number of amides is 1. The molecule has 0 spiro atoms. The van der Waals surface area contributed by atoms with E-state index in [1.54, 1.807) is 13.2 Å². The smallest absolute Gasteiger partial charge is 0.263 e. The lowest BCUT2D eigenvalue weighted by Crippen LogP contribution is -2.30. The summed E-state index contributed by atoms with van der Waals surface area (Å²) in [5, 5.41) is 6.48. The number of benzene rings is 3. The molecule has 0 atom stereocenters. The Balaban J connectivity index is 1.27. The Labute approximate surface area is 243 Å². The fourth-order valence-electron chi connectivity index (χ4n) is 4.08. The van der Waals surface area contributed by atoms with Gasteiger partial charge in [-0.3, -0.25) is 14.2 Å². The number of halogens is 1. The molecule has 0 aliphatic rings. The van der Waals surface area contributed by atoms with Gasteiger partial charge in [0.05, 0.1) is 29.5 Å². The third-order valence-corrected chi connectivity index (χ3v) is 7.59. The number of carbonyl (C=O) groups is 1. The van der Waals surface area contributed by atoms with E-state index < -0.39 is 5.91 Å². The highest BCUT2D eigenvalue weighted by Gasteiger charge is 2.15. The summed E-state index contributed by atoms with van der Waals surface area (Å²) in [5.41, 5.74) is 6.78. The van der Waals surface area contributed by atoms with Crippen LogP contribution in [0, 0.1) is 6.92 Å². The zero-order valence-corrected chi connectivity index (χ0v) is 24.2. The van der Waals surface area contributed by atoms with Crippen LogP contribution in [0.4, 0.5) is 0 Å². The minimum absolute atomic E-state index is 0.221. The molecule has 0 aliphatic heterocycles. The Morgan fingerprint density at radius 3 is 2.67 bits per heavy atom. The standard InChI is InChI=1S/C30H25BrN4O4S/c1-19-8-10-22(11-9-19)23-17-40-29-27(23)30(37)35(18-32-29)15-26(36)34-33-14-21-12-24(31)28(25(13-21)38-2)39-16-20-6-4-3-5-7-20/h3-14,17-18H,15-16H2,1-2H3,(H,34,36)/b33-14-. The molecule has 202 valence electrons. The third-order valence-electron chi connectivity index (χ3n) is 6.12. The van der Waals surface area contributed by atoms with Crippen LogP contribution in [-0.2, 0) is 17.9 Å². The summed E-state index contributed by atoms with van der Waals surface area (Å²) in [6.45, 7) is 2.18. The molecule has 2 aromatic heterocycles. The van der Waals surface area contributed by atoms with E-state index >= 15 is 0 Å². The lowest BCUT2D eigenvalue weighted by atomic mass is 10.1. The van der Waals surface area contributed by atoms with Crippen molar-refractivity contribution >= 4 is 49.6 Å². The van der Waals surface area contributed by atoms with Crippen molar-refractivity contribution in [3.8, 4) is 22.6 Å². The van der Waals surface area contributed by atoms with Crippen molar-refractivity contribution in [2.75, 3.05) is 7.11 Å². The van der Waals surface area contributed by atoms with Crippen molar-refractivity contribution in [2.24, 2.45) is 5.10 Å². The van der Waals surface area contributed by atoms with Crippen LogP contribution in [0.15, 0.2) is 92.8 Å². The van der Waals surface area contributed by atoms with Gasteiger partial charge in [0, 0.05) is 10.9 Å². The Morgan fingerprint density at radius 1 is 1.15 bits per heavy atom. The third kappa shape index (κ3) is 6.13. The highest BCUT2D eigenvalue weighted by Crippen LogP contribution is 2.37. The minimum atomic E-state index is -0.458. The fourth-order valence-corrected chi connectivity index (χ4v) is 5.56. The first kappa shape index (κ1) is 27.3. The van der Waals surface area contributed by atoms with Gasteiger partial charge in [-0.1, -0.05) is 60.2 Å². The minimum Gasteiger partial charge on any atom is -0.493 e. The topological polar surface area (TPSA) is 94.8 Å². The van der Waals surface area contributed by atoms with Gasteiger partial charge >= 0.3 is 0 Å². The molecule has 2 heterocycles. The van der Waals surface area contributed by atoms with E-state index in [0.29, 0.717) is 38.4 Å². The van der Waals surface area contributed by atoms with Crippen LogP contribution in [0.2, 0.25) is 0 Å². The fraction of sp³-hybridized carbons (Fsp3) is 0.133. The molecule has 0 saturated heterocycles. The zero-order valence-electron chi connectivity index (χ0n) is 21.8. The van der Waals surface area contributed by atoms with Crippen LogP contribution in [-0.4, -0.2) is 28.8 Å². The van der Waals surface area contributed by atoms with Crippen LogP contribution in [0.3, 0.4) is 0 Å². The van der Waals surface area contributed by atoms with Gasteiger partial charge in [-0.25, -0.2) is 10.4 Å². The maximum Gasteiger partial charge on any atom is 0.263 e. The quantitative estimate of drug-likeness (QED) is 0.163. The first-order chi connectivity index (χ1) is 19.4. The van der Waals surface area contributed by atoms with E-state index in [1.165, 1.54) is 28.4 Å². The molecule has 0 unspecified atom stereocenters. The number of carbonyl (C=O) groups excluding carboxylic acids is 1. The number of aromatic nitrogens is 2. The van der Waals surface area contributed by atoms with Crippen LogP contribution in [0.25, 0.3) is 21.3 Å². The van der Waals surface area contributed by atoms with E-state index in [1.807, 2.05) is 73.0 Å². The van der Waals surface area contributed by atoms with Gasteiger partial charge < -0.3 is 9.47 Å². The lowest BCUT2D eigenvalue weighted by Gasteiger charge is -2.13. The second kappa shape index (κ2) is 12.3. The average molecular weight is 618 g/mol. The number of aryl methyl sites for hydroxylation is 1. The van der Waals surface area contributed by atoms with Crippen molar-refractivity contribution < 1.29 is 14.3 Å². The molecular formula is C30H25BrN4O4S. The second-order valence-corrected chi connectivity index (χ2v) is 10.7. The van der Waals surface area contributed by atoms with Gasteiger partial charge in [0.2, 0.25) is 0 Å². The summed E-state index contributed by atoms with van der Waals surface area (Å²) in [5.74, 6) is 0.623. The molecule has 40 heavy (non-hydrogen) atoms. The normalized spacial score (nSPS) is 11.2. The molecule has 8 nitrogen and oxygen atoms in total. The van der Waals surface area contributed by atoms with Crippen molar-refractivity contribution in [1.29, 1.82) is 0 Å². The average Bonchev–Trinajstić information content (AvgIpc) is 3.39. The first-order valence-corrected chi connectivity index (χ1v) is 14.0. The van der Waals surface area contributed by atoms with E-state index in [0.717, 1.165) is 22.3 Å². The molecule has 5 rings (SSSR count). The van der Waals surface area contributed by atoms with Gasteiger partial charge in [-0.2, -0.15) is 5.10 Å². The predicted octanol–water partition coefficient (Wildman–Crippen LogP) is 5.93. The van der Waals surface area contributed by atoms with Crippen molar-refractivity contribution in [1.82, 2.24) is 15.0 Å². The number of nitrogens with zero attached hydrogens (tertiary/aromatic N) is 3. The number of thiophene rings is 1. The Kier molecular flexibility index (Phi) is 8.37.